The fourth-order valence-electron chi connectivity index (χ4n) is 1.75. The van der Waals surface area contributed by atoms with E-state index in [1.165, 1.54) is 0 Å². The fraction of sp³-hybridized carbons (Fsp3) is 0.133. The van der Waals surface area contributed by atoms with Crippen molar-refractivity contribution in [1.82, 2.24) is 0 Å². The van der Waals surface area contributed by atoms with E-state index in [2.05, 4.69) is 36.9 Å². The summed E-state index contributed by atoms with van der Waals surface area (Å²) in [6, 6.07) is 9.52. The lowest BCUT2D eigenvalue weighted by atomic mass is 10.2. The molecule has 0 bridgehead atoms. The average Bonchev–Trinajstić information content (AvgIpc) is 2.39. The Morgan fingerprint density at radius 3 is 2.65 bits per heavy atom. The molecule has 2 rings (SSSR count). The zero-order chi connectivity index (χ0) is 14.7. The number of aryl methyl sites for hydroxylation is 1. The van der Waals surface area contributed by atoms with Crippen LogP contribution in [0.2, 0.25) is 5.02 Å². The number of ether oxygens (including phenoxy) is 1. The highest BCUT2D eigenvalue weighted by Crippen LogP contribution is 2.32. The van der Waals surface area contributed by atoms with Gasteiger partial charge >= 0.3 is 0 Å². The maximum atomic E-state index is 5.99. The number of benzene rings is 2. The maximum absolute atomic E-state index is 5.99. The van der Waals surface area contributed by atoms with Gasteiger partial charge in [-0.05, 0) is 52.7 Å². The molecule has 0 aliphatic heterocycles. The Labute approximate surface area is 140 Å². The molecule has 0 aromatic heterocycles. The number of rotatable bonds is 3. The number of halogens is 3. The highest BCUT2D eigenvalue weighted by atomic mass is 79.9. The first-order valence-corrected chi connectivity index (χ1v) is 7.81. The van der Waals surface area contributed by atoms with E-state index in [0.29, 0.717) is 5.02 Å². The van der Waals surface area contributed by atoms with Crippen LogP contribution >= 0.6 is 43.5 Å². The second-order valence-corrected chi connectivity index (χ2v) is 6.41. The number of hydrogen-bond donors (Lipinski definition) is 0. The Morgan fingerprint density at radius 1 is 1.20 bits per heavy atom. The van der Waals surface area contributed by atoms with E-state index in [4.69, 9.17) is 16.3 Å². The van der Waals surface area contributed by atoms with Gasteiger partial charge in [0.15, 0.2) is 0 Å². The first-order valence-electron chi connectivity index (χ1n) is 5.84. The van der Waals surface area contributed by atoms with Crippen LogP contribution in [0.1, 0.15) is 11.1 Å². The molecule has 0 radical (unpaired) electrons. The van der Waals surface area contributed by atoms with Gasteiger partial charge in [-0.2, -0.15) is 0 Å². The van der Waals surface area contributed by atoms with Crippen LogP contribution in [0.3, 0.4) is 0 Å². The largest absolute Gasteiger partial charge is 0.495 e. The van der Waals surface area contributed by atoms with Gasteiger partial charge < -0.3 is 4.74 Å². The van der Waals surface area contributed by atoms with Gasteiger partial charge in [0.2, 0.25) is 0 Å². The van der Waals surface area contributed by atoms with Crippen molar-refractivity contribution in [2.75, 3.05) is 7.11 Å². The summed E-state index contributed by atoms with van der Waals surface area (Å²) in [4.78, 5) is 4.50. The molecule has 0 aliphatic carbocycles. The van der Waals surface area contributed by atoms with Gasteiger partial charge in [-0.3, -0.25) is 4.99 Å². The highest BCUT2D eigenvalue weighted by molar-refractivity contribution is 9.11. The van der Waals surface area contributed by atoms with Crippen molar-refractivity contribution >= 4 is 55.4 Å². The molecule has 0 N–H and O–H groups in total. The molecule has 0 aliphatic rings. The van der Waals surface area contributed by atoms with Crippen LogP contribution in [0.15, 0.2) is 44.3 Å². The first-order chi connectivity index (χ1) is 9.51. The van der Waals surface area contributed by atoms with E-state index in [-0.39, 0.29) is 0 Å². The molecular formula is C15H12Br2ClNO. The summed E-state index contributed by atoms with van der Waals surface area (Å²) >= 11 is 12.9. The Balaban J connectivity index is 2.43. The summed E-state index contributed by atoms with van der Waals surface area (Å²) in [6.07, 6.45) is 1.77. The molecule has 2 nitrogen and oxygen atoms in total. The number of methoxy groups -OCH3 is 1. The third-order valence-corrected chi connectivity index (χ3v) is 4.04. The quantitative estimate of drug-likeness (QED) is 0.567. The average molecular weight is 418 g/mol. The lowest BCUT2D eigenvalue weighted by molar-refractivity contribution is 0.411. The van der Waals surface area contributed by atoms with Gasteiger partial charge in [0.05, 0.1) is 17.3 Å². The molecular weight excluding hydrogens is 405 g/mol. The monoisotopic (exact) mass is 415 g/mol. The van der Waals surface area contributed by atoms with Gasteiger partial charge in [0.1, 0.15) is 5.75 Å². The van der Waals surface area contributed by atoms with Crippen molar-refractivity contribution in [3.63, 3.8) is 0 Å². The molecule has 2 aromatic carbocycles. The van der Waals surface area contributed by atoms with Crippen molar-refractivity contribution in [3.05, 3.63) is 55.4 Å². The van der Waals surface area contributed by atoms with Crippen molar-refractivity contribution in [1.29, 1.82) is 0 Å². The molecule has 20 heavy (non-hydrogen) atoms. The first kappa shape index (κ1) is 15.5. The third-order valence-electron chi connectivity index (χ3n) is 2.76. The maximum Gasteiger partial charge on any atom is 0.141 e. The molecule has 104 valence electrons. The third kappa shape index (κ3) is 3.62. The zero-order valence-electron chi connectivity index (χ0n) is 11.0. The Hall–Kier alpha value is -0.840. The van der Waals surface area contributed by atoms with Crippen LogP contribution < -0.4 is 4.74 Å². The second-order valence-electron chi connectivity index (χ2n) is 4.20. The van der Waals surface area contributed by atoms with E-state index < -0.39 is 0 Å². The van der Waals surface area contributed by atoms with Crippen molar-refractivity contribution in [2.45, 2.75) is 6.92 Å². The number of nitrogens with zero attached hydrogens (tertiary/aromatic N) is 1. The molecule has 0 saturated carbocycles. The minimum absolute atomic E-state index is 0.671. The predicted molar refractivity (Wildman–Crippen MR) is 91.8 cm³/mol. The highest BCUT2D eigenvalue weighted by Gasteiger charge is 2.07. The summed E-state index contributed by atoms with van der Waals surface area (Å²) in [6.45, 7) is 2.00. The molecule has 2 aromatic rings. The van der Waals surface area contributed by atoms with Crippen LogP contribution in [0.4, 0.5) is 5.69 Å². The fourth-order valence-corrected chi connectivity index (χ4v) is 3.34. The summed E-state index contributed by atoms with van der Waals surface area (Å²) in [7, 11) is 1.63. The van der Waals surface area contributed by atoms with Crippen LogP contribution in [-0.2, 0) is 0 Å². The normalized spacial score (nSPS) is 11.1. The SMILES string of the molecule is COc1c(Br)cc(Br)cc1C=Nc1cc(Cl)ccc1C. The molecule has 0 fully saturated rings. The Morgan fingerprint density at radius 2 is 1.95 bits per heavy atom. The van der Waals surface area contributed by atoms with Crippen molar-refractivity contribution in [2.24, 2.45) is 4.99 Å². The van der Waals surface area contributed by atoms with Crippen molar-refractivity contribution < 1.29 is 4.74 Å². The van der Waals surface area contributed by atoms with Crippen LogP contribution in [0.25, 0.3) is 0 Å². The lowest BCUT2D eigenvalue weighted by Gasteiger charge is -2.08. The Bertz CT molecular complexity index is 671. The molecule has 0 saturated heterocycles. The second kappa shape index (κ2) is 6.74. The summed E-state index contributed by atoms with van der Waals surface area (Å²) < 4.78 is 7.22. The number of hydrogen-bond acceptors (Lipinski definition) is 2. The van der Waals surface area contributed by atoms with E-state index in [1.54, 1.807) is 13.3 Å². The van der Waals surface area contributed by atoms with E-state index >= 15 is 0 Å². The Kier molecular flexibility index (Phi) is 5.24. The summed E-state index contributed by atoms with van der Waals surface area (Å²) in [5.41, 5.74) is 2.79. The van der Waals surface area contributed by atoms with E-state index in [0.717, 1.165) is 31.5 Å². The number of aliphatic imine (C=N–C) groups is 1. The minimum Gasteiger partial charge on any atom is -0.495 e. The molecule has 0 amide bonds. The molecule has 0 spiro atoms. The van der Waals surface area contributed by atoms with Gasteiger partial charge in [0, 0.05) is 21.3 Å². The molecule has 0 atom stereocenters. The molecule has 5 heteroatoms. The van der Waals surface area contributed by atoms with Crippen LogP contribution in [-0.4, -0.2) is 13.3 Å². The zero-order valence-corrected chi connectivity index (χ0v) is 14.9. The van der Waals surface area contributed by atoms with Crippen LogP contribution in [0, 0.1) is 6.92 Å². The summed E-state index contributed by atoms with van der Waals surface area (Å²) in [5.74, 6) is 0.747. The van der Waals surface area contributed by atoms with Gasteiger partial charge in [-0.1, -0.05) is 33.6 Å². The lowest BCUT2D eigenvalue weighted by Crippen LogP contribution is -1.92. The van der Waals surface area contributed by atoms with Crippen molar-refractivity contribution in [3.8, 4) is 5.75 Å². The standard InChI is InChI=1S/C15H12Br2ClNO/c1-9-3-4-12(18)7-14(9)19-8-10-5-11(16)6-13(17)15(10)20-2/h3-8H,1-2H3. The van der Waals surface area contributed by atoms with E-state index in [1.807, 2.05) is 37.3 Å². The van der Waals surface area contributed by atoms with Gasteiger partial charge in [-0.15, -0.1) is 0 Å². The summed E-state index contributed by atoms with van der Waals surface area (Å²) in [5, 5.41) is 0.671. The predicted octanol–water partition coefficient (Wildman–Crippen LogP) is 5.93. The molecule has 0 heterocycles. The van der Waals surface area contributed by atoms with Gasteiger partial charge in [-0.25, -0.2) is 0 Å². The van der Waals surface area contributed by atoms with E-state index in [9.17, 15) is 0 Å². The topological polar surface area (TPSA) is 21.6 Å². The van der Waals surface area contributed by atoms with Gasteiger partial charge in [0.25, 0.3) is 0 Å². The molecule has 0 unspecified atom stereocenters. The minimum atomic E-state index is 0.671. The smallest absolute Gasteiger partial charge is 0.141 e. The van der Waals surface area contributed by atoms with Crippen LogP contribution in [0.5, 0.6) is 5.75 Å².